The number of halogens is 1. The molecule has 0 saturated carbocycles. The lowest BCUT2D eigenvalue weighted by Gasteiger charge is -2.15. The van der Waals surface area contributed by atoms with Gasteiger partial charge in [0.2, 0.25) is 5.95 Å². The molecule has 3 heterocycles. The minimum absolute atomic E-state index is 0.0263. The van der Waals surface area contributed by atoms with Crippen molar-refractivity contribution in [3.05, 3.63) is 6.33 Å². The van der Waals surface area contributed by atoms with Crippen molar-refractivity contribution in [2.45, 2.75) is 24.9 Å². The molecule has 1 aliphatic rings. The van der Waals surface area contributed by atoms with Crippen LogP contribution in [-0.4, -0.2) is 48.7 Å². The van der Waals surface area contributed by atoms with Crippen molar-refractivity contribution in [1.82, 2.24) is 19.5 Å². The van der Waals surface area contributed by atoms with Gasteiger partial charge in [-0.15, -0.1) is 0 Å². The lowest BCUT2D eigenvalue weighted by Crippen LogP contribution is -2.17. The standard InChI is InChI=1S/C10H13FN6O3/c11-5-1-4(2-18)20-9(5)17-3-13-6-7(16-19)14-10(12)15-8(6)17/h3-5,9,18-19H,1-2H2,(H3,12,14,15,16)/t4-,5-,9+/m0/s1. The molecule has 0 radical (unpaired) electrons. The number of alkyl halides is 1. The first-order valence-electron chi connectivity index (χ1n) is 5.94. The van der Waals surface area contributed by atoms with Crippen molar-refractivity contribution in [1.29, 1.82) is 0 Å². The van der Waals surface area contributed by atoms with Crippen LogP contribution in [0.4, 0.5) is 16.2 Å². The smallest absolute Gasteiger partial charge is 0.224 e. The van der Waals surface area contributed by atoms with E-state index in [0.717, 1.165) is 0 Å². The SMILES string of the molecule is Nc1nc(NO)c2ncn([C@@H]3O[C@H](CO)C[C@@H]3F)c2n1. The van der Waals surface area contributed by atoms with Crippen molar-refractivity contribution >= 4 is 22.9 Å². The number of aliphatic hydroxyl groups excluding tert-OH is 1. The van der Waals surface area contributed by atoms with Crippen LogP contribution in [0.3, 0.4) is 0 Å². The topological polar surface area (TPSA) is 131 Å². The number of nitrogens with zero attached hydrogens (tertiary/aromatic N) is 4. The third kappa shape index (κ3) is 1.94. The fourth-order valence-electron chi connectivity index (χ4n) is 2.26. The zero-order valence-corrected chi connectivity index (χ0v) is 10.3. The van der Waals surface area contributed by atoms with E-state index in [9.17, 15) is 4.39 Å². The average molecular weight is 284 g/mol. The van der Waals surface area contributed by atoms with E-state index in [4.69, 9.17) is 20.8 Å². The van der Waals surface area contributed by atoms with Gasteiger partial charge >= 0.3 is 0 Å². The lowest BCUT2D eigenvalue weighted by atomic mass is 10.2. The maximum atomic E-state index is 14.0. The first-order chi connectivity index (χ1) is 9.63. The Kier molecular flexibility index (Phi) is 3.12. The molecule has 0 bridgehead atoms. The first-order valence-corrected chi connectivity index (χ1v) is 5.94. The number of ether oxygens (including phenoxy) is 1. The number of rotatable bonds is 3. The molecule has 10 heteroatoms. The zero-order chi connectivity index (χ0) is 14.3. The number of hydrogen-bond acceptors (Lipinski definition) is 8. The number of nitrogen functional groups attached to an aromatic ring is 1. The molecule has 1 saturated heterocycles. The lowest BCUT2D eigenvalue weighted by molar-refractivity contribution is -0.0351. The normalized spacial score (nSPS) is 26.2. The molecule has 0 spiro atoms. The van der Waals surface area contributed by atoms with E-state index in [1.54, 1.807) is 0 Å². The zero-order valence-electron chi connectivity index (χ0n) is 10.3. The number of aliphatic hydroxyl groups is 1. The van der Waals surface area contributed by atoms with Gasteiger partial charge in [0.05, 0.1) is 19.0 Å². The summed E-state index contributed by atoms with van der Waals surface area (Å²) in [6.07, 6.45) is -1.39. The monoisotopic (exact) mass is 284 g/mol. The fraction of sp³-hybridized carbons (Fsp3) is 0.500. The number of fused-ring (bicyclic) bond motifs is 1. The summed E-state index contributed by atoms with van der Waals surface area (Å²) in [6.45, 7) is -0.260. The van der Waals surface area contributed by atoms with Gasteiger partial charge in [0.25, 0.3) is 0 Å². The highest BCUT2D eigenvalue weighted by Crippen LogP contribution is 2.33. The quantitative estimate of drug-likeness (QED) is 0.571. The molecule has 20 heavy (non-hydrogen) atoms. The van der Waals surface area contributed by atoms with E-state index in [-0.39, 0.29) is 36.0 Å². The Morgan fingerprint density at radius 1 is 1.55 bits per heavy atom. The van der Waals surface area contributed by atoms with Gasteiger partial charge in [-0.2, -0.15) is 9.97 Å². The Bertz CT molecular complexity index is 635. The predicted octanol–water partition coefficient (Wildman–Crippen LogP) is -0.173. The molecule has 0 unspecified atom stereocenters. The van der Waals surface area contributed by atoms with Crippen LogP contribution < -0.4 is 11.2 Å². The second-order valence-corrected chi connectivity index (χ2v) is 4.45. The van der Waals surface area contributed by atoms with Gasteiger partial charge in [-0.1, -0.05) is 0 Å². The molecule has 2 aromatic heterocycles. The summed E-state index contributed by atoms with van der Waals surface area (Å²) in [7, 11) is 0. The molecule has 1 fully saturated rings. The van der Waals surface area contributed by atoms with Crippen LogP contribution in [0.2, 0.25) is 0 Å². The van der Waals surface area contributed by atoms with Crippen LogP contribution in [-0.2, 0) is 4.74 Å². The van der Waals surface area contributed by atoms with E-state index in [2.05, 4.69) is 15.0 Å². The first kappa shape index (κ1) is 13.0. The van der Waals surface area contributed by atoms with Crippen molar-refractivity contribution in [3.8, 4) is 0 Å². The van der Waals surface area contributed by atoms with Gasteiger partial charge in [0.15, 0.2) is 23.2 Å². The number of nitrogens with one attached hydrogen (secondary N) is 1. The van der Waals surface area contributed by atoms with Gasteiger partial charge < -0.3 is 15.6 Å². The Hall–Kier alpha value is -2.04. The summed E-state index contributed by atoms with van der Waals surface area (Å²) in [6, 6.07) is 0. The number of imidazole rings is 1. The summed E-state index contributed by atoms with van der Waals surface area (Å²) >= 11 is 0. The predicted molar refractivity (Wildman–Crippen MR) is 65.7 cm³/mol. The van der Waals surface area contributed by atoms with Crippen LogP contribution in [0, 0.1) is 0 Å². The van der Waals surface area contributed by atoms with Crippen LogP contribution in [0.25, 0.3) is 11.2 Å². The van der Waals surface area contributed by atoms with E-state index in [1.807, 2.05) is 5.48 Å². The number of aromatic nitrogens is 4. The second-order valence-electron chi connectivity index (χ2n) is 4.45. The summed E-state index contributed by atoms with van der Waals surface area (Å²) in [4.78, 5) is 11.8. The highest BCUT2D eigenvalue weighted by molar-refractivity contribution is 5.83. The Morgan fingerprint density at radius 2 is 2.35 bits per heavy atom. The Balaban J connectivity index is 2.07. The average Bonchev–Trinajstić information content (AvgIpc) is 3.00. The molecule has 0 aromatic carbocycles. The van der Waals surface area contributed by atoms with Gasteiger partial charge in [0, 0.05) is 6.42 Å². The molecule has 1 aliphatic heterocycles. The molecule has 0 aliphatic carbocycles. The number of anilines is 2. The van der Waals surface area contributed by atoms with Crippen molar-refractivity contribution in [3.63, 3.8) is 0 Å². The number of hydrogen-bond donors (Lipinski definition) is 4. The van der Waals surface area contributed by atoms with Crippen molar-refractivity contribution in [2.24, 2.45) is 0 Å². The third-order valence-corrected chi connectivity index (χ3v) is 3.15. The van der Waals surface area contributed by atoms with E-state index in [0.29, 0.717) is 0 Å². The number of nitrogens with two attached hydrogens (primary N) is 1. The maximum Gasteiger partial charge on any atom is 0.224 e. The van der Waals surface area contributed by atoms with E-state index in [1.165, 1.54) is 10.9 Å². The molecular formula is C10H13FN6O3. The van der Waals surface area contributed by atoms with Crippen LogP contribution in [0.1, 0.15) is 12.6 Å². The molecule has 108 valence electrons. The molecule has 3 rings (SSSR count). The van der Waals surface area contributed by atoms with Crippen LogP contribution >= 0.6 is 0 Å². The minimum atomic E-state index is -1.30. The molecule has 0 amide bonds. The molecule has 3 atom stereocenters. The molecule has 9 nitrogen and oxygen atoms in total. The molecule has 5 N–H and O–H groups in total. The van der Waals surface area contributed by atoms with Crippen molar-refractivity contribution in [2.75, 3.05) is 17.8 Å². The third-order valence-electron chi connectivity index (χ3n) is 3.15. The highest BCUT2D eigenvalue weighted by atomic mass is 19.1. The largest absolute Gasteiger partial charge is 0.394 e. The van der Waals surface area contributed by atoms with Crippen LogP contribution in [0.5, 0.6) is 0 Å². The van der Waals surface area contributed by atoms with Gasteiger partial charge in [-0.05, 0) is 0 Å². The van der Waals surface area contributed by atoms with Crippen molar-refractivity contribution < 1.29 is 19.4 Å². The van der Waals surface area contributed by atoms with Crippen LogP contribution in [0.15, 0.2) is 6.33 Å². The second kappa shape index (κ2) is 4.81. The summed E-state index contributed by atoms with van der Waals surface area (Å²) < 4.78 is 20.7. The van der Waals surface area contributed by atoms with Gasteiger partial charge in [-0.25, -0.2) is 9.37 Å². The summed E-state index contributed by atoms with van der Waals surface area (Å²) in [5.74, 6) is -0.0683. The Morgan fingerprint density at radius 3 is 3.00 bits per heavy atom. The highest BCUT2D eigenvalue weighted by Gasteiger charge is 2.37. The fourth-order valence-corrected chi connectivity index (χ4v) is 2.26. The summed E-state index contributed by atoms with van der Waals surface area (Å²) in [5, 5.41) is 18.0. The van der Waals surface area contributed by atoms with Gasteiger partial charge in [-0.3, -0.25) is 15.3 Å². The molecule has 2 aromatic rings. The summed E-state index contributed by atoms with van der Waals surface area (Å²) in [5.41, 5.74) is 7.87. The minimum Gasteiger partial charge on any atom is -0.394 e. The van der Waals surface area contributed by atoms with Gasteiger partial charge in [0.1, 0.15) is 6.17 Å². The van der Waals surface area contributed by atoms with E-state index >= 15 is 0 Å². The molecular weight excluding hydrogens is 271 g/mol. The maximum absolute atomic E-state index is 14.0. The van der Waals surface area contributed by atoms with E-state index < -0.39 is 18.5 Å². The Labute approximate surface area is 112 Å².